The van der Waals surface area contributed by atoms with Crippen LogP contribution in [0.5, 0.6) is 0 Å². The maximum absolute atomic E-state index is 6.10. The van der Waals surface area contributed by atoms with Gasteiger partial charge in [0, 0.05) is 5.39 Å². The van der Waals surface area contributed by atoms with E-state index in [1.54, 1.807) is 0 Å². The first-order valence-corrected chi connectivity index (χ1v) is 14.2. The molecule has 0 saturated heterocycles. The van der Waals surface area contributed by atoms with Crippen LogP contribution in [-0.2, 0) is 6.42 Å². The molecule has 39 heavy (non-hydrogen) atoms. The number of furan rings is 1. The Hall–Kier alpha value is -4.11. The largest absolute Gasteiger partial charge is 0.464 e. The summed E-state index contributed by atoms with van der Waals surface area (Å²) in [6.07, 6.45) is 4.05. The summed E-state index contributed by atoms with van der Waals surface area (Å²) in [4.78, 5) is 5.24. The molecule has 0 aliphatic rings. The van der Waals surface area contributed by atoms with Crippen molar-refractivity contribution in [3.05, 3.63) is 108 Å². The van der Waals surface area contributed by atoms with E-state index < -0.39 is 0 Å². The van der Waals surface area contributed by atoms with E-state index in [9.17, 15) is 0 Å². The molecule has 6 aromatic rings. The number of hydrogen-bond donors (Lipinski definition) is 0. The predicted octanol–water partition coefficient (Wildman–Crippen LogP) is 10.3. The van der Waals surface area contributed by atoms with Crippen LogP contribution < -0.4 is 0 Å². The average Bonchev–Trinajstić information content (AvgIpc) is 3.54. The Morgan fingerprint density at radius 3 is 2.15 bits per heavy atom. The second kappa shape index (κ2) is 10.2. The molecule has 2 aromatic heterocycles. The minimum atomic E-state index is 0.326. The summed E-state index contributed by atoms with van der Waals surface area (Å²) in [7, 11) is 0. The van der Waals surface area contributed by atoms with E-state index in [0.717, 1.165) is 46.2 Å². The summed E-state index contributed by atoms with van der Waals surface area (Å²) < 4.78 is 8.50. The van der Waals surface area contributed by atoms with E-state index in [1.807, 2.05) is 6.26 Å². The molecule has 0 aliphatic carbocycles. The molecule has 196 valence electrons. The number of rotatable bonds is 7. The molecule has 3 heteroatoms. The van der Waals surface area contributed by atoms with Crippen molar-refractivity contribution >= 4 is 22.0 Å². The lowest BCUT2D eigenvalue weighted by Crippen LogP contribution is -2.09. The number of para-hydroxylation sites is 2. The number of aryl methyl sites for hydroxylation is 1. The van der Waals surface area contributed by atoms with Gasteiger partial charge in [0.25, 0.3) is 0 Å². The lowest BCUT2D eigenvalue weighted by Gasteiger charge is -2.24. The fourth-order valence-corrected chi connectivity index (χ4v) is 5.74. The number of benzene rings is 4. The predicted molar refractivity (Wildman–Crippen MR) is 164 cm³/mol. The van der Waals surface area contributed by atoms with Gasteiger partial charge in [-0.3, -0.25) is 4.57 Å². The first-order chi connectivity index (χ1) is 19.0. The Kier molecular flexibility index (Phi) is 6.60. The summed E-state index contributed by atoms with van der Waals surface area (Å²) in [6.45, 7) is 11.4. The molecule has 0 amide bonds. The highest BCUT2D eigenvalue weighted by Gasteiger charge is 2.25. The summed E-state index contributed by atoms with van der Waals surface area (Å²) in [5.41, 5.74) is 11.8. The zero-order valence-electron chi connectivity index (χ0n) is 23.5. The molecular formula is C36H36N2O. The van der Waals surface area contributed by atoms with Gasteiger partial charge >= 0.3 is 0 Å². The number of aromatic nitrogens is 2. The Morgan fingerprint density at radius 1 is 0.769 bits per heavy atom. The first-order valence-electron chi connectivity index (χ1n) is 14.2. The third-order valence-electron chi connectivity index (χ3n) is 7.72. The van der Waals surface area contributed by atoms with E-state index in [0.29, 0.717) is 11.8 Å². The minimum absolute atomic E-state index is 0.326. The van der Waals surface area contributed by atoms with E-state index in [4.69, 9.17) is 9.40 Å². The molecule has 0 unspecified atom stereocenters. The van der Waals surface area contributed by atoms with E-state index in [2.05, 4.69) is 124 Å². The highest BCUT2D eigenvalue weighted by molar-refractivity contribution is 5.96. The molecule has 0 fully saturated rings. The molecule has 0 spiro atoms. The number of imidazole rings is 1. The highest BCUT2D eigenvalue weighted by atomic mass is 16.3. The van der Waals surface area contributed by atoms with Crippen LogP contribution in [0.25, 0.3) is 50.2 Å². The minimum Gasteiger partial charge on any atom is -0.464 e. The van der Waals surface area contributed by atoms with Gasteiger partial charge in [0.2, 0.25) is 0 Å². The Morgan fingerprint density at radius 2 is 1.46 bits per heavy atom. The average molecular weight is 513 g/mol. The van der Waals surface area contributed by atoms with E-state index in [-0.39, 0.29) is 0 Å². The lowest BCUT2D eigenvalue weighted by atomic mass is 9.88. The van der Waals surface area contributed by atoms with Crippen LogP contribution >= 0.6 is 0 Å². The molecule has 2 heterocycles. The smallest absolute Gasteiger partial charge is 0.149 e. The topological polar surface area (TPSA) is 31.0 Å². The van der Waals surface area contributed by atoms with Crippen molar-refractivity contribution in [3.63, 3.8) is 0 Å². The Labute approximate surface area is 231 Å². The molecule has 4 aromatic carbocycles. The molecule has 0 saturated carbocycles. The summed E-state index contributed by atoms with van der Waals surface area (Å²) in [5.74, 6) is 1.58. The molecular weight excluding hydrogens is 476 g/mol. The Balaban J connectivity index is 1.69. The summed E-state index contributed by atoms with van der Waals surface area (Å²) in [5, 5.41) is 1.12. The molecule has 0 bridgehead atoms. The van der Waals surface area contributed by atoms with Gasteiger partial charge in [-0.15, -0.1) is 0 Å². The summed E-state index contributed by atoms with van der Waals surface area (Å²) in [6, 6.07) is 30.5. The van der Waals surface area contributed by atoms with Gasteiger partial charge in [-0.2, -0.15) is 0 Å². The molecule has 3 nitrogen and oxygen atoms in total. The van der Waals surface area contributed by atoms with Crippen molar-refractivity contribution in [2.45, 2.75) is 59.3 Å². The van der Waals surface area contributed by atoms with Crippen LogP contribution in [0.2, 0.25) is 0 Å². The third-order valence-corrected chi connectivity index (χ3v) is 7.72. The van der Waals surface area contributed by atoms with Gasteiger partial charge < -0.3 is 4.42 Å². The van der Waals surface area contributed by atoms with E-state index >= 15 is 0 Å². The molecule has 0 N–H and O–H groups in total. The standard InChI is InChI=1S/C36H36N2O/c1-6-12-25-17-18-34-30(19-25)31(22-39-34)36-37-32-15-10-11-16-33(32)38(36)35-28(23(2)3)20-27(21-29(35)24(4)5)26-13-8-7-9-14-26/h7-11,13-24H,6,12H2,1-5H3. The number of hydrogen-bond acceptors (Lipinski definition) is 2. The maximum atomic E-state index is 6.10. The van der Waals surface area contributed by atoms with Gasteiger partial charge in [-0.05, 0) is 82.5 Å². The van der Waals surface area contributed by atoms with Crippen molar-refractivity contribution in [1.29, 1.82) is 0 Å². The van der Waals surface area contributed by atoms with Gasteiger partial charge in [0.1, 0.15) is 17.7 Å². The molecule has 0 aliphatic heterocycles. The van der Waals surface area contributed by atoms with Gasteiger partial charge in [0.15, 0.2) is 0 Å². The van der Waals surface area contributed by atoms with Crippen LogP contribution in [0.15, 0.2) is 95.6 Å². The zero-order valence-corrected chi connectivity index (χ0v) is 23.5. The van der Waals surface area contributed by atoms with Crippen molar-refractivity contribution in [1.82, 2.24) is 9.55 Å². The van der Waals surface area contributed by atoms with Crippen molar-refractivity contribution < 1.29 is 4.42 Å². The number of fused-ring (bicyclic) bond motifs is 2. The second-order valence-corrected chi connectivity index (χ2v) is 11.2. The van der Waals surface area contributed by atoms with E-state index in [1.165, 1.54) is 33.5 Å². The van der Waals surface area contributed by atoms with Crippen LogP contribution in [0.1, 0.15) is 69.6 Å². The highest BCUT2D eigenvalue weighted by Crippen LogP contribution is 2.41. The first kappa shape index (κ1) is 25.2. The van der Waals surface area contributed by atoms with Crippen LogP contribution in [-0.4, -0.2) is 9.55 Å². The van der Waals surface area contributed by atoms with Crippen LogP contribution in [0.4, 0.5) is 0 Å². The second-order valence-electron chi connectivity index (χ2n) is 11.2. The van der Waals surface area contributed by atoms with Crippen LogP contribution in [0, 0.1) is 0 Å². The third kappa shape index (κ3) is 4.46. The quantitative estimate of drug-likeness (QED) is 0.213. The normalized spacial score (nSPS) is 11.9. The monoisotopic (exact) mass is 512 g/mol. The van der Waals surface area contributed by atoms with Gasteiger partial charge in [-0.25, -0.2) is 4.98 Å². The molecule has 0 radical (unpaired) electrons. The van der Waals surface area contributed by atoms with Gasteiger partial charge in [0.05, 0.1) is 22.3 Å². The zero-order chi connectivity index (χ0) is 27.1. The SMILES string of the molecule is CCCc1ccc2occ(-c3nc4ccccc4n3-c3c(C(C)C)cc(-c4ccccc4)cc3C(C)C)c2c1. The summed E-state index contributed by atoms with van der Waals surface area (Å²) >= 11 is 0. The Bertz CT molecular complexity index is 1740. The van der Waals surface area contributed by atoms with Crippen LogP contribution in [0.3, 0.4) is 0 Å². The van der Waals surface area contributed by atoms with Crippen molar-refractivity contribution in [2.75, 3.05) is 0 Å². The maximum Gasteiger partial charge on any atom is 0.149 e. The fourth-order valence-electron chi connectivity index (χ4n) is 5.74. The van der Waals surface area contributed by atoms with Gasteiger partial charge in [-0.1, -0.05) is 89.6 Å². The number of nitrogens with zero attached hydrogens (tertiary/aromatic N) is 2. The fraction of sp³-hybridized carbons (Fsp3) is 0.250. The lowest BCUT2D eigenvalue weighted by molar-refractivity contribution is 0.616. The molecule has 0 atom stereocenters. The van der Waals surface area contributed by atoms with Crippen molar-refractivity contribution in [2.24, 2.45) is 0 Å². The molecule has 6 rings (SSSR count). The van der Waals surface area contributed by atoms with Crippen molar-refractivity contribution in [3.8, 4) is 28.2 Å².